The SMILES string of the molecule is O=C(Cc1ccccc1)O[BH-](OC(=O)Cc1ccccc1)OC(=O)Cc1ccccc1. The minimum atomic E-state index is -2.73. The van der Waals surface area contributed by atoms with Gasteiger partial charge in [0.15, 0.2) is 0 Å². The zero-order valence-electron chi connectivity index (χ0n) is 16.9. The van der Waals surface area contributed by atoms with Crippen LogP contribution < -0.4 is 0 Å². The van der Waals surface area contributed by atoms with Crippen molar-refractivity contribution in [3.63, 3.8) is 0 Å². The summed E-state index contributed by atoms with van der Waals surface area (Å²) in [6.07, 6.45) is -0.0928. The molecule has 0 unspecified atom stereocenters. The molecule has 6 nitrogen and oxygen atoms in total. The van der Waals surface area contributed by atoms with Crippen LogP contribution in [0.3, 0.4) is 0 Å². The van der Waals surface area contributed by atoms with Gasteiger partial charge in [-0.25, -0.2) is 0 Å². The highest BCUT2D eigenvalue weighted by Crippen LogP contribution is 2.08. The van der Waals surface area contributed by atoms with Gasteiger partial charge < -0.3 is 14.0 Å². The largest absolute Gasteiger partial charge is 0.625 e. The lowest BCUT2D eigenvalue weighted by atomic mass is 10.1. The Kier molecular flexibility index (Phi) is 8.00. The lowest BCUT2D eigenvalue weighted by Gasteiger charge is -2.28. The standard InChI is InChI=1S/C24H22BO6/c26-22(16-19-10-4-1-5-11-19)29-25(30-23(27)17-20-12-6-2-7-13-20)31-24(28)18-21-14-8-3-9-15-21/h1-15,25H,16-18H2/q-1. The van der Waals surface area contributed by atoms with Gasteiger partial charge in [0.1, 0.15) is 0 Å². The molecule has 3 aromatic rings. The molecule has 0 fully saturated rings. The molecule has 158 valence electrons. The maximum absolute atomic E-state index is 12.3. The van der Waals surface area contributed by atoms with Crippen LogP contribution in [0.15, 0.2) is 91.0 Å². The van der Waals surface area contributed by atoms with E-state index in [2.05, 4.69) is 0 Å². The molecule has 0 radical (unpaired) electrons. The van der Waals surface area contributed by atoms with Crippen LogP contribution in [0, 0.1) is 0 Å². The second-order valence-electron chi connectivity index (χ2n) is 6.89. The van der Waals surface area contributed by atoms with Crippen molar-refractivity contribution < 1.29 is 28.3 Å². The summed E-state index contributed by atoms with van der Waals surface area (Å²) in [5.41, 5.74) is 2.20. The first-order valence-corrected chi connectivity index (χ1v) is 9.94. The lowest BCUT2D eigenvalue weighted by Crippen LogP contribution is -2.36. The Hall–Kier alpha value is -3.87. The van der Waals surface area contributed by atoms with Gasteiger partial charge in [0.25, 0.3) is 17.9 Å². The number of carbonyl (C=O) groups excluding carboxylic acids is 3. The van der Waals surface area contributed by atoms with Crippen LogP contribution in [0.4, 0.5) is 0 Å². The second kappa shape index (κ2) is 11.4. The highest BCUT2D eigenvalue weighted by atomic mass is 16.8. The molecule has 0 aromatic heterocycles. The van der Waals surface area contributed by atoms with Gasteiger partial charge in [0.05, 0.1) is 19.3 Å². The number of rotatable bonds is 9. The molecule has 0 saturated carbocycles. The van der Waals surface area contributed by atoms with Gasteiger partial charge in [-0.1, -0.05) is 91.0 Å². The fourth-order valence-electron chi connectivity index (χ4n) is 2.92. The summed E-state index contributed by atoms with van der Waals surface area (Å²) < 4.78 is 15.7. The Morgan fingerprint density at radius 2 is 0.742 bits per heavy atom. The molecule has 0 saturated heterocycles. The predicted molar refractivity (Wildman–Crippen MR) is 116 cm³/mol. The van der Waals surface area contributed by atoms with E-state index < -0.39 is 25.2 Å². The van der Waals surface area contributed by atoms with Gasteiger partial charge in [0, 0.05) is 0 Å². The van der Waals surface area contributed by atoms with E-state index in [1.54, 1.807) is 72.8 Å². The quantitative estimate of drug-likeness (QED) is 0.498. The third-order valence-electron chi connectivity index (χ3n) is 4.41. The number of hydrogen-bond donors (Lipinski definition) is 0. The third kappa shape index (κ3) is 7.82. The van der Waals surface area contributed by atoms with Gasteiger partial charge >= 0.3 is 7.32 Å². The minimum Gasteiger partial charge on any atom is -0.625 e. The van der Waals surface area contributed by atoms with E-state index >= 15 is 0 Å². The molecule has 31 heavy (non-hydrogen) atoms. The van der Waals surface area contributed by atoms with Crippen molar-refractivity contribution in [1.29, 1.82) is 0 Å². The van der Waals surface area contributed by atoms with Crippen LogP contribution in [0.1, 0.15) is 16.7 Å². The van der Waals surface area contributed by atoms with E-state index in [1.807, 2.05) is 18.2 Å². The fourth-order valence-corrected chi connectivity index (χ4v) is 2.92. The van der Waals surface area contributed by atoms with Crippen molar-refractivity contribution in [1.82, 2.24) is 0 Å². The van der Waals surface area contributed by atoms with Crippen LogP contribution in [-0.4, -0.2) is 25.2 Å². The third-order valence-corrected chi connectivity index (χ3v) is 4.41. The van der Waals surface area contributed by atoms with Crippen molar-refractivity contribution in [3.8, 4) is 0 Å². The first-order chi connectivity index (χ1) is 15.1. The van der Waals surface area contributed by atoms with Crippen LogP contribution in [0.2, 0.25) is 0 Å². The zero-order chi connectivity index (χ0) is 21.9. The average Bonchev–Trinajstić information content (AvgIpc) is 2.75. The summed E-state index contributed by atoms with van der Waals surface area (Å²) in [6, 6.07) is 26.9. The van der Waals surface area contributed by atoms with E-state index in [9.17, 15) is 14.4 Å². The summed E-state index contributed by atoms with van der Waals surface area (Å²) in [5.74, 6) is -1.94. The van der Waals surface area contributed by atoms with Crippen molar-refractivity contribution in [3.05, 3.63) is 108 Å². The smallest absolute Gasteiger partial charge is 0.541 e. The Morgan fingerprint density at radius 3 is 1.00 bits per heavy atom. The van der Waals surface area contributed by atoms with Crippen molar-refractivity contribution in [2.45, 2.75) is 19.3 Å². The lowest BCUT2D eigenvalue weighted by molar-refractivity contribution is -0.147. The zero-order valence-corrected chi connectivity index (χ0v) is 16.9. The molecule has 0 N–H and O–H groups in total. The fraction of sp³-hybridized carbons (Fsp3) is 0.125. The summed E-state index contributed by atoms with van der Waals surface area (Å²) in [7, 11) is -2.73. The maximum Gasteiger partial charge on any atom is 0.541 e. The molecule has 0 bridgehead atoms. The summed E-state index contributed by atoms with van der Waals surface area (Å²) in [5, 5.41) is 0. The normalized spacial score (nSPS) is 10.4. The first kappa shape index (κ1) is 21.8. The Labute approximate surface area is 180 Å². The molecule has 3 rings (SSSR count). The Bertz CT molecular complexity index is 860. The van der Waals surface area contributed by atoms with Crippen LogP contribution in [-0.2, 0) is 47.6 Å². The van der Waals surface area contributed by atoms with E-state index in [1.165, 1.54) is 0 Å². The first-order valence-electron chi connectivity index (χ1n) is 9.94. The van der Waals surface area contributed by atoms with Gasteiger partial charge in [-0.15, -0.1) is 0 Å². The van der Waals surface area contributed by atoms with Crippen molar-refractivity contribution >= 4 is 25.2 Å². The molecule has 0 spiro atoms. The summed E-state index contributed by atoms with van der Waals surface area (Å²) in [4.78, 5) is 37.0. The van der Waals surface area contributed by atoms with E-state index in [-0.39, 0.29) is 19.3 Å². The number of benzene rings is 3. The predicted octanol–water partition coefficient (Wildman–Crippen LogP) is 3.06. The summed E-state index contributed by atoms with van der Waals surface area (Å²) >= 11 is 0. The highest BCUT2D eigenvalue weighted by molar-refractivity contribution is 6.44. The molecular formula is C24H22BO6-. The van der Waals surface area contributed by atoms with Crippen LogP contribution in [0.5, 0.6) is 0 Å². The van der Waals surface area contributed by atoms with Gasteiger partial charge in [-0.3, -0.25) is 14.4 Å². The Morgan fingerprint density at radius 1 is 0.484 bits per heavy atom. The minimum absolute atomic E-state index is 0.0309. The van der Waals surface area contributed by atoms with Crippen molar-refractivity contribution in [2.24, 2.45) is 0 Å². The van der Waals surface area contributed by atoms with Gasteiger partial charge in [-0.2, -0.15) is 0 Å². The molecule has 0 heterocycles. The van der Waals surface area contributed by atoms with Gasteiger partial charge in [0.2, 0.25) is 0 Å². The van der Waals surface area contributed by atoms with E-state index in [4.69, 9.17) is 14.0 Å². The number of hydrogen-bond acceptors (Lipinski definition) is 6. The Balaban J connectivity index is 1.62. The summed E-state index contributed by atoms with van der Waals surface area (Å²) in [6.45, 7) is 0. The number of carbonyl (C=O) groups is 3. The molecule has 7 heteroatoms. The molecule has 0 aliphatic rings. The van der Waals surface area contributed by atoms with Crippen molar-refractivity contribution in [2.75, 3.05) is 0 Å². The maximum atomic E-state index is 12.3. The monoisotopic (exact) mass is 417 g/mol. The molecule has 0 aliphatic heterocycles. The molecule has 3 aromatic carbocycles. The molecule has 0 amide bonds. The van der Waals surface area contributed by atoms with Crippen LogP contribution in [0.25, 0.3) is 0 Å². The van der Waals surface area contributed by atoms with E-state index in [0.717, 1.165) is 16.7 Å². The van der Waals surface area contributed by atoms with E-state index in [0.29, 0.717) is 0 Å². The molecule has 0 aliphatic carbocycles. The second-order valence-corrected chi connectivity index (χ2v) is 6.89. The van der Waals surface area contributed by atoms with Crippen LogP contribution >= 0.6 is 0 Å². The highest BCUT2D eigenvalue weighted by Gasteiger charge is 2.20. The topological polar surface area (TPSA) is 78.9 Å². The molecule has 0 atom stereocenters. The average molecular weight is 417 g/mol. The van der Waals surface area contributed by atoms with Gasteiger partial charge in [-0.05, 0) is 16.7 Å². The molecular weight excluding hydrogens is 395 g/mol.